The number of halogens is 3. The number of anilines is 1. The zero-order valence-corrected chi connectivity index (χ0v) is 13.0. The van der Waals surface area contributed by atoms with Gasteiger partial charge >= 0.3 is 6.18 Å². The van der Waals surface area contributed by atoms with Crippen LogP contribution in [-0.2, 0) is 6.18 Å². The van der Waals surface area contributed by atoms with Crippen LogP contribution in [0.5, 0.6) is 0 Å². The molecule has 0 unspecified atom stereocenters. The van der Waals surface area contributed by atoms with Gasteiger partial charge in [-0.3, -0.25) is 0 Å². The molecule has 0 saturated carbocycles. The van der Waals surface area contributed by atoms with E-state index >= 15 is 0 Å². The third kappa shape index (κ3) is 2.86. The SMILES string of the molecule is FC(F)(F)c1cccc(-c2nc(N3CCN4CCC3CC4)no2)c1. The highest BCUT2D eigenvalue weighted by Gasteiger charge is 2.33. The first-order valence-corrected chi connectivity index (χ1v) is 8.01. The number of piperidine rings is 1. The molecular formula is C16H17F3N4O. The molecule has 3 fully saturated rings. The van der Waals surface area contributed by atoms with Crippen LogP contribution in [0.25, 0.3) is 11.5 Å². The average molecular weight is 338 g/mol. The third-order valence-corrected chi connectivity index (χ3v) is 4.76. The molecule has 0 atom stereocenters. The van der Waals surface area contributed by atoms with Gasteiger partial charge in [-0.25, -0.2) is 0 Å². The van der Waals surface area contributed by atoms with Crippen molar-refractivity contribution < 1.29 is 17.7 Å². The Kier molecular flexibility index (Phi) is 3.71. The van der Waals surface area contributed by atoms with Crippen molar-refractivity contribution in [3.63, 3.8) is 0 Å². The van der Waals surface area contributed by atoms with E-state index in [0.29, 0.717) is 12.0 Å². The lowest BCUT2D eigenvalue weighted by atomic mass is 10.1. The summed E-state index contributed by atoms with van der Waals surface area (Å²) in [6, 6.07) is 5.34. The molecule has 8 heteroatoms. The van der Waals surface area contributed by atoms with Crippen LogP contribution < -0.4 is 4.90 Å². The quantitative estimate of drug-likeness (QED) is 0.842. The van der Waals surface area contributed by atoms with Crippen LogP contribution in [0.1, 0.15) is 18.4 Å². The Balaban J connectivity index is 1.61. The summed E-state index contributed by atoms with van der Waals surface area (Å²) in [4.78, 5) is 8.87. The van der Waals surface area contributed by atoms with Crippen molar-refractivity contribution >= 4 is 5.95 Å². The topological polar surface area (TPSA) is 45.4 Å². The smallest absolute Gasteiger partial charge is 0.334 e. The normalized spacial score (nSPS) is 24.2. The summed E-state index contributed by atoms with van der Waals surface area (Å²) in [6.45, 7) is 3.90. The molecule has 0 spiro atoms. The molecule has 3 aliphatic heterocycles. The molecular weight excluding hydrogens is 321 g/mol. The molecule has 128 valence electrons. The van der Waals surface area contributed by atoms with E-state index in [1.54, 1.807) is 6.07 Å². The van der Waals surface area contributed by atoms with Gasteiger partial charge in [0.1, 0.15) is 0 Å². The number of hydrogen-bond acceptors (Lipinski definition) is 5. The molecule has 2 bridgehead atoms. The summed E-state index contributed by atoms with van der Waals surface area (Å²) in [5.74, 6) is 0.589. The standard InChI is InChI=1S/C16H17F3N4O/c17-16(18,19)12-3-1-2-11(10-12)14-20-15(21-24-14)23-9-8-22-6-4-13(23)5-7-22/h1-3,10,13H,4-9H2. The van der Waals surface area contributed by atoms with Crippen molar-refractivity contribution in [1.29, 1.82) is 0 Å². The molecule has 3 saturated heterocycles. The molecule has 0 radical (unpaired) electrons. The third-order valence-electron chi connectivity index (χ3n) is 4.76. The fourth-order valence-corrected chi connectivity index (χ4v) is 3.43. The Hall–Kier alpha value is -2.09. The fraction of sp³-hybridized carbons (Fsp3) is 0.500. The van der Waals surface area contributed by atoms with Crippen molar-refractivity contribution in [2.45, 2.75) is 25.1 Å². The van der Waals surface area contributed by atoms with E-state index in [1.165, 1.54) is 6.07 Å². The van der Waals surface area contributed by atoms with Gasteiger partial charge in [0.25, 0.3) is 11.8 Å². The predicted molar refractivity (Wildman–Crippen MR) is 81.5 cm³/mol. The highest BCUT2D eigenvalue weighted by Crippen LogP contribution is 2.32. The number of benzene rings is 1. The molecule has 5 rings (SSSR count). The van der Waals surface area contributed by atoms with Gasteiger partial charge in [-0.05, 0) is 36.2 Å². The molecule has 0 N–H and O–H groups in total. The largest absolute Gasteiger partial charge is 0.416 e. The predicted octanol–water partition coefficient (Wildman–Crippen LogP) is 3.04. The van der Waals surface area contributed by atoms with Gasteiger partial charge in [0.05, 0.1) is 5.56 Å². The van der Waals surface area contributed by atoms with E-state index in [0.717, 1.165) is 51.2 Å². The maximum atomic E-state index is 12.8. The number of hydrogen-bond donors (Lipinski definition) is 0. The highest BCUT2D eigenvalue weighted by molar-refractivity contribution is 5.56. The lowest BCUT2D eigenvalue weighted by molar-refractivity contribution is -0.137. The van der Waals surface area contributed by atoms with Gasteiger partial charge in [-0.1, -0.05) is 6.07 Å². The summed E-state index contributed by atoms with van der Waals surface area (Å²) in [6.07, 6.45) is -2.29. The minimum absolute atomic E-state index is 0.121. The molecule has 24 heavy (non-hydrogen) atoms. The van der Waals surface area contributed by atoms with Crippen LogP contribution in [0.4, 0.5) is 19.1 Å². The lowest BCUT2D eigenvalue weighted by Crippen LogP contribution is -2.38. The molecule has 3 aliphatic rings. The Morgan fingerprint density at radius 3 is 2.62 bits per heavy atom. The molecule has 0 aliphatic carbocycles. The second-order valence-corrected chi connectivity index (χ2v) is 6.24. The molecule has 0 amide bonds. The Bertz CT molecular complexity index is 722. The summed E-state index contributed by atoms with van der Waals surface area (Å²) < 4.78 is 43.8. The van der Waals surface area contributed by atoms with Crippen molar-refractivity contribution in [3.8, 4) is 11.5 Å². The molecule has 1 aromatic carbocycles. The Morgan fingerprint density at radius 1 is 1.08 bits per heavy atom. The van der Waals surface area contributed by atoms with Crippen LogP contribution in [0.2, 0.25) is 0 Å². The second-order valence-electron chi connectivity index (χ2n) is 6.24. The van der Waals surface area contributed by atoms with Crippen LogP contribution in [-0.4, -0.2) is 47.3 Å². The second kappa shape index (κ2) is 5.77. The van der Waals surface area contributed by atoms with Gasteiger partial charge in [0.2, 0.25) is 0 Å². The van der Waals surface area contributed by atoms with E-state index in [1.807, 2.05) is 0 Å². The average Bonchev–Trinajstić information content (AvgIpc) is 2.87. The number of rotatable bonds is 2. The van der Waals surface area contributed by atoms with Crippen molar-refractivity contribution in [2.75, 3.05) is 31.1 Å². The Labute approximate surface area is 137 Å². The lowest BCUT2D eigenvalue weighted by Gasteiger charge is -2.30. The molecule has 1 aromatic heterocycles. The Morgan fingerprint density at radius 2 is 1.88 bits per heavy atom. The first-order valence-electron chi connectivity index (χ1n) is 8.01. The van der Waals surface area contributed by atoms with Crippen LogP contribution >= 0.6 is 0 Å². The van der Waals surface area contributed by atoms with E-state index in [9.17, 15) is 13.2 Å². The van der Waals surface area contributed by atoms with E-state index in [2.05, 4.69) is 19.9 Å². The van der Waals surface area contributed by atoms with E-state index in [-0.39, 0.29) is 11.5 Å². The number of fused-ring (bicyclic) bond motifs is 4. The van der Waals surface area contributed by atoms with Crippen LogP contribution in [0.15, 0.2) is 28.8 Å². The fourth-order valence-electron chi connectivity index (χ4n) is 3.43. The van der Waals surface area contributed by atoms with Gasteiger partial charge in [-0.15, -0.1) is 0 Å². The zero-order chi connectivity index (χ0) is 16.7. The minimum Gasteiger partial charge on any atom is -0.334 e. The van der Waals surface area contributed by atoms with Crippen molar-refractivity contribution in [3.05, 3.63) is 29.8 Å². The molecule has 4 heterocycles. The van der Waals surface area contributed by atoms with Crippen molar-refractivity contribution in [1.82, 2.24) is 15.0 Å². The van der Waals surface area contributed by atoms with E-state index < -0.39 is 11.7 Å². The van der Waals surface area contributed by atoms with E-state index in [4.69, 9.17) is 4.52 Å². The number of alkyl halides is 3. The maximum absolute atomic E-state index is 12.8. The molecule has 5 nitrogen and oxygen atoms in total. The zero-order valence-electron chi connectivity index (χ0n) is 13.0. The van der Waals surface area contributed by atoms with Crippen molar-refractivity contribution in [2.24, 2.45) is 0 Å². The van der Waals surface area contributed by atoms with Crippen LogP contribution in [0, 0.1) is 0 Å². The van der Waals surface area contributed by atoms with Gasteiger partial charge in [-0.2, -0.15) is 18.2 Å². The monoisotopic (exact) mass is 338 g/mol. The molecule has 2 aromatic rings. The number of nitrogens with zero attached hydrogens (tertiary/aromatic N) is 4. The first kappa shape index (κ1) is 15.4. The summed E-state index contributed by atoms with van der Waals surface area (Å²) >= 11 is 0. The highest BCUT2D eigenvalue weighted by atomic mass is 19.4. The summed E-state index contributed by atoms with van der Waals surface area (Å²) in [5, 5.41) is 4.01. The summed E-state index contributed by atoms with van der Waals surface area (Å²) in [5.41, 5.74) is -0.438. The van der Waals surface area contributed by atoms with Gasteiger partial charge < -0.3 is 14.3 Å². The van der Waals surface area contributed by atoms with Crippen LogP contribution in [0.3, 0.4) is 0 Å². The minimum atomic E-state index is -4.39. The summed E-state index contributed by atoms with van der Waals surface area (Å²) in [7, 11) is 0. The number of aromatic nitrogens is 2. The maximum Gasteiger partial charge on any atom is 0.416 e. The first-order chi connectivity index (χ1) is 11.5. The van der Waals surface area contributed by atoms with Gasteiger partial charge in [0.15, 0.2) is 0 Å². The van der Waals surface area contributed by atoms with Gasteiger partial charge in [0, 0.05) is 37.8 Å².